The number of carbonyl (C=O) groups is 2. The molecule has 2 aromatic carbocycles. The van der Waals surface area contributed by atoms with Crippen molar-refractivity contribution in [1.82, 2.24) is 15.1 Å². The van der Waals surface area contributed by atoms with Crippen molar-refractivity contribution in [2.45, 2.75) is 17.2 Å². The Kier molecular flexibility index (Phi) is 6.29. The second-order valence-electron chi connectivity index (χ2n) is 6.59. The number of benzene rings is 2. The summed E-state index contributed by atoms with van der Waals surface area (Å²) in [7, 11) is 1.64. The van der Waals surface area contributed by atoms with Gasteiger partial charge in [0.25, 0.3) is 11.8 Å². The van der Waals surface area contributed by atoms with Gasteiger partial charge in [-0.2, -0.15) is 0 Å². The van der Waals surface area contributed by atoms with Crippen molar-refractivity contribution in [3.8, 4) is 5.75 Å². The maximum atomic E-state index is 12.4. The van der Waals surface area contributed by atoms with Crippen molar-refractivity contribution >= 4 is 45.7 Å². The van der Waals surface area contributed by atoms with E-state index in [9.17, 15) is 9.59 Å². The molecule has 0 bridgehead atoms. The van der Waals surface area contributed by atoms with Gasteiger partial charge < -0.3 is 10.1 Å². The molecule has 0 atom stereocenters. The number of carbonyl (C=O) groups excluding carboxylic acids is 2. The van der Waals surface area contributed by atoms with Crippen LogP contribution in [-0.4, -0.2) is 46.3 Å². The molecule has 1 N–H and O–H groups in total. The first-order valence-corrected chi connectivity index (χ1v) is 11.3. The minimum atomic E-state index is -0.193. The van der Waals surface area contributed by atoms with Crippen molar-refractivity contribution in [2.24, 2.45) is 0 Å². The number of anilines is 2. The summed E-state index contributed by atoms with van der Waals surface area (Å²) in [4.78, 5) is 26.0. The van der Waals surface area contributed by atoms with E-state index in [1.54, 1.807) is 43.1 Å². The molecule has 0 fully saturated rings. The number of nitrogens with one attached hydrogen (secondary N) is 1. The number of imide groups is 1. The summed E-state index contributed by atoms with van der Waals surface area (Å²) in [5.41, 5.74) is 1.93. The minimum Gasteiger partial charge on any atom is -0.497 e. The predicted octanol–water partition coefficient (Wildman–Crippen LogP) is 4.46. The van der Waals surface area contributed by atoms with Gasteiger partial charge in [-0.3, -0.25) is 14.5 Å². The highest BCUT2D eigenvalue weighted by Crippen LogP contribution is 2.29. The number of methoxy groups -OCH3 is 1. The number of aromatic nitrogens is 2. The van der Waals surface area contributed by atoms with Gasteiger partial charge in [0.2, 0.25) is 5.13 Å². The number of rotatable bonds is 9. The lowest BCUT2D eigenvalue weighted by Gasteiger charge is -2.13. The molecule has 2 amide bonds. The van der Waals surface area contributed by atoms with E-state index in [1.165, 1.54) is 16.2 Å². The molecule has 9 heteroatoms. The van der Waals surface area contributed by atoms with E-state index in [-0.39, 0.29) is 11.8 Å². The Hall–Kier alpha value is -2.91. The van der Waals surface area contributed by atoms with Crippen LogP contribution in [0.4, 0.5) is 10.8 Å². The van der Waals surface area contributed by atoms with Crippen LogP contribution in [0.5, 0.6) is 5.75 Å². The summed E-state index contributed by atoms with van der Waals surface area (Å²) >= 11 is 3.12. The number of thioether (sulfide) groups is 1. The lowest BCUT2D eigenvalue weighted by molar-refractivity contribution is 0.0652. The molecule has 0 aliphatic carbocycles. The first kappa shape index (κ1) is 20.4. The van der Waals surface area contributed by atoms with Crippen LogP contribution in [-0.2, 0) is 0 Å². The summed E-state index contributed by atoms with van der Waals surface area (Å²) < 4.78 is 6.03. The topological polar surface area (TPSA) is 84.4 Å². The van der Waals surface area contributed by atoms with Gasteiger partial charge in [-0.05, 0) is 49.2 Å². The molecule has 1 aromatic heterocycles. The van der Waals surface area contributed by atoms with Crippen LogP contribution in [0.2, 0.25) is 0 Å². The molecule has 3 aromatic rings. The molecule has 1 aliphatic heterocycles. The first-order valence-electron chi connectivity index (χ1n) is 9.48. The van der Waals surface area contributed by atoms with Crippen LogP contribution in [0.3, 0.4) is 0 Å². The SMILES string of the molecule is COc1ccc(Nc2nnc(SCCCCN3C(=O)c4ccccc4C3=O)s2)cc1. The van der Waals surface area contributed by atoms with Crippen molar-refractivity contribution in [3.05, 3.63) is 59.7 Å². The molecular weight excluding hydrogens is 420 g/mol. The first-order chi connectivity index (χ1) is 14.7. The van der Waals surface area contributed by atoms with E-state index in [1.807, 2.05) is 24.3 Å². The average molecular weight is 441 g/mol. The second kappa shape index (κ2) is 9.27. The fourth-order valence-electron chi connectivity index (χ4n) is 3.09. The standard InChI is InChI=1S/C21H20N4O3S2/c1-28-15-10-8-14(9-11-15)22-20-23-24-21(30-20)29-13-5-4-12-25-18(26)16-6-2-3-7-17(16)19(25)27/h2-3,6-11H,4-5,12-13H2,1H3,(H,22,23). The Labute approximate surface area is 182 Å². The van der Waals surface area contributed by atoms with Crippen molar-refractivity contribution in [2.75, 3.05) is 24.7 Å². The van der Waals surface area contributed by atoms with Crippen molar-refractivity contribution < 1.29 is 14.3 Å². The molecule has 7 nitrogen and oxygen atoms in total. The summed E-state index contributed by atoms with van der Waals surface area (Å²) in [6.45, 7) is 0.438. The van der Waals surface area contributed by atoms with Crippen LogP contribution < -0.4 is 10.1 Å². The zero-order valence-electron chi connectivity index (χ0n) is 16.3. The quantitative estimate of drug-likeness (QED) is 0.299. The van der Waals surface area contributed by atoms with Crippen molar-refractivity contribution in [3.63, 3.8) is 0 Å². The maximum absolute atomic E-state index is 12.4. The van der Waals surface area contributed by atoms with E-state index in [2.05, 4.69) is 15.5 Å². The van der Waals surface area contributed by atoms with E-state index in [4.69, 9.17) is 4.74 Å². The second-order valence-corrected chi connectivity index (χ2v) is 8.91. The molecule has 0 saturated heterocycles. The molecule has 0 radical (unpaired) electrons. The Morgan fingerprint density at radius 3 is 2.37 bits per heavy atom. The van der Waals surface area contributed by atoms with Gasteiger partial charge in [0.05, 0.1) is 18.2 Å². The molecule has 0 saturated carbocycles. The van der Waals surface area contributed by atoms with Gasteiger partial charge in [0.15, 0.2) is 4.34 Å². The molecule has 0 unspecified atom stereocenters. The molecular formula is C21H20N4O3S2. The fraction of sp³-hybridized carbons (Fsp3) is 0.238. The van der Waals surface area contributed by atoms with Gasteiger partial charge in [-0.15, -0.1) is 10.2 Å². The summed E-state index contributed by atoms with van der Waals surface area (Å²) in [5.74, 6) is 1.26. The number of unbranched alkanes of at least 4 members (excludes halogenated alkanes) is 1. The number of hydrogen-bond donors (Lipinski definition) is 1. The summed E-state index contributed by atoms with van der Waals surface area (Å²) in [6.07, 6.45) is 1.63. The van der Waals surface area contributed by atoms with Crippen LogP contribution in [0.1, 0.15) is 33.6 Å². The predicted molar refractivity (Wildman–Crippen MR) is 118 cm³/mol. The molecule has 0 spiro atoms. The van der Waals surface area contributed by atoms with Gasteiger partial charge in [0.1, 0.15) is 5.75 Å². The molecule has 30 heavy (non-hydrogen) atoms. The number of nitrogens with zero attached hydrogens (tertiary/aromatic N) is 3. The molecule has 1 aliphatic rings. The summed E-state index contributed by atoms with van der Waals surface area (Å²) in [5, 5.41) is 12.3. The number of ether oxygens (including phenoxy) is 1. The highest BCUT2D eigenvalue weighted by atomic mass is 32.2. The molecule has 4 rings (SSSR count). The number of amides is 2. The zero-order valence-corrected chi connectivity index (χ0v) is 18.0. The van der Waals surface area contributed by atoms with E-state index < -0.39 is 0 Å². The smallest absolute Gasteiger partial charge is 0.261 e. The lowest BCUT2D eigenvalue weighted by atomic mass is 10.1. The zero-order chi connectivity index (χ0) is 20.9. The third-order valence-corrected chi connectivity index (χ3v) is 6.69. The van der Waals surface area contributed by atoms with E-state index >= 15 is 0 Å². The highest BCUT2D eigenvalue weighted by molar-refractivity contribution is 8.01. The average Bonchev–Trinajstić information content (AvgIpc) is 3.32. The van der Waals surface area contributed by atoms with Gasteiger partial charge >= 0.3 is 0 Å². The van der Waals surface area contributed by atoms with Crippen LogP contribution in [0.15, 0.2) is 52.9 Å². The van der Waals surface area contributed by atoms with E-state index in [0.717, 1.165) is 39.5 Å². The largest absolute Gasteiger partial charge is 0.497 e. The molecule has 154 valence electrons. The van der Waals surface area contributed by atoms with Crippen LogP contribution >= 0.6 is 23.1 Å². The fourth-order valence-corrected chi connectivity index (χ4v) is 4.93. The third-order valence-electron chi connectivity index (χ3n) is 4.63. The monoisotopic (exact) mass is 440 g/mol. The Bertz CT molecular complexity index is 1020. The van der Waals surface area contributed by atoms with Crippen LogP contribution in [0, 0.1) is 0 Å². The van der Waals surface area contributed by atoms with E-state index in [0.29, 0.717) is 17.7 Å². The normalized spacial score (nSPS) is 12.9. The minimum absolute atomic E-state index is 0.193. The van der Waals surface area contributed by atoms with Gasteiger partial charge in [-0.25, -0.2) is 0 Å². The van der Waals surface area contributed by atoms with Gasteiger partial charge in [0, 0.05) is 18.0 Å². The van der Waals surface area contributed by atoms with Gasteiger partial charge in [-0.1, -0.05) is 35.2 Å². The molecule has 2 heterocycles. The lowest BCUT2D eigenvalue weighted by Crippen LogP contribution is -2.30. The van der Waals surface area contributed by atoms with Crippen molar-refractivity contribution in [1.29, 1.82) is 0 Å². The Morgan fingerprint density at radius 1 is 1.00 bits per heavy atom. The summed E-state index contributed by atoms with van der Waals surface area (Å²) in [6, 6.07) is 14.6. The number of hydrogen-bond acceptors (Lipinski definition) is 8. The Morgan fingerprint density at radius 2 is 1.70 bits per heavy atom. The third kappa shape index (κ3) is 4.47. The maximum Gasteiger partial charge on any atom is 0.261 e. The van der Waals surface area contributed by atoms with Crippen LogP contribution in [0.25, 0.3) is 0 Å². The highest BCUT2D eigenvalue weighted by Gasteiger charge is 2.34. The Balaban J connectivity index is 1.20. The number of fused-ring (bicyclic) bond motifs is 1.